The minimum atomic E-state index is -0.0330. The number of amides is 1. The van der Waals surface area contributed by atoms with E-state index >= 15 is 0 Å². The van der Waals surface area contributed by atoms with E-state index in [4.69, 9.17) is 10.00 Å². The molecule has 2 aromatic rings. The highest BCUT2D eigenvalue weighted by Crippen LogP contribution is 2.29. The Morgan fingerprint density at radius 1 is 1.43 bits per heavy atom. The second kappa shape index (κ2) is 6.17. The van der Waals surface area contributed by atoms with Gasteiger partial charge in [-0.25, -0.2) is 0 Å². The van der Waals surface area contributed by atoms with Crippen LogP contribution in [0.3, 0.4) is 0 Å². The quantitative estimate of drug-likeness (QED) is 0.927. The van der Waals surface area contributed by atoms with Crippen molar-refractivity contribution >= 4 is 5.91 Å². The predicted molar refractivity (Wildman–Crippen MR) is 86.5 cm³/mol. The van der Waals surface area contributed by atoms with Crippen LogP contribution in [0, 0.1) is 11.3 Å². The molecule has 118 valence electrons. The van der Waals surface area contributed by atoms with Gasteiger partial charge in [-0.1, -0.05) is 13.0 Å². The lowest BCUT2D eigenvalue weighted by atomic mass is 9.95. The van der Waals surface area contributed by atoms with E-state index in [0.29, 0.717) is 24.3 Å². The van der Waals surface area contributed by atoms with Gasteiger partial charge in [-0.3, -0.25) is 4.79 Å². The molecule has 0 saturated heterocycles. The highest BCUT2D eigenvalue weighted by Gasteiger charge is 2.25. The van der Waals surface area contributed by atoms with Gasteiger partial charge in [0.1, 0.15) is 17.5 Å². The third-order valence-corrected chi connectivity index (χ3v) is 4.37. The molecule has 0 bridgehead atoms. The summed E-state index contributed by atoms with van der Waals surface area (Å²) >= 11 is 0. The molecule has 1 aromatic carbocycles. The molecule has 23 heavy (non-hydrogen) atoms. The Labute approximate surface area is 135 Å². The van der Waals surface area contributed by atoms with E-state index in [9.17, 15) is 4.79 Å². The van der Waals surface area contributed by atoms with Gasteiger partial charge in [-0.15, -0.1) is 0 Å². The van der Waals surface area contributed by atoms with Crippen molar-refractivity contribution in [2.45, 2.75) is 19.3 Å². The van der Waals surface area contributed by atoms with Crippen molar-refractivity contribution in [3.8, 4) is 11.8 Å². The first-order chi connectivity index (χ1) is 11.1. The Morgan fingerprint density at radius 2 is 2.26 bits per heavy atom. The Hall–Kier alpha value is -2.74. The summed E-state index contributed by atoms with van der Waals surface area (Å²) in [5.74, 6) is 1.05. The number of carbonyl (C=O) groups excluding carboxylic acids is 1. The summed E-state index contributed by atoms with van der Waals surface area (Å²) in [6, 6.07) is 9.74. The van der Waals surface area contributed by atoms with Crippen LogP contribution in [0.15, 0.2) is 30.5 Å². The Morgan fingerprint density at radius 3 is 2.96 bits per heavy atom. The molecular formula is C18H19N3O2. The van der Waals surface area contributed by atoms with Crippen LogP contribution >= 0.6 is 0 Å². The van der Waals surface area contributed by atoms with Crippen molar-refractivity contribution in [3.05, 3.63) is 52.8 Å². The van der Waals surface area contributed by atoms with Crippen molar-refractivity contribution in [2.24, 2.45) is 0 Å². The number of ether oxygens (including phenoxy) is 1. The van der Waals surface area contributed by atoms with Crippen LogP contribution in [0.1, 0.15) is 40.0 Å². The van der Waals surface area contributed by atoms with Gasteiger partial charge in [0.05, 0.1) is 12.7 Å². The summed E-state index contributed by atoms with van der Waals surface area (Å²) in [5.41, 5.74) is 3.45. The average Bonchev–Trinajstić information content (AvgIpc) is 3.00. The zero-order valence-electron chi connectivity index (χ0n) is 13.3. The van der Waals surface area contributed by atoms with Gasteiger partial charge in [0.2, 0.25) is 0 Å². The van der Waals surface area contributed by atoms with Gasteiger partial charge in [-0.05, 0) is 41.7 Å². The molecule has 1 atom stereocenters. The van der Waals surface area contributed by atoms with E-state index in [1.165, 1.54) is 11.1 Å². The fraction of sp³-hybridized carbons (Fsp3) is 0.333. The van der Waals surface area contributed by atoms with E-state index in [0.717, 1.165) is 12.2 Å². The lowest BCUT2D eigenvalue weighted by Crippen LogP contribution is -2.34. The Balaban J connectivity index is 1.83. The van der Waals surface area contributed by atoms with E-state index < -0.39 is 0 Å². The topological polar surface area (TPSA) is 69.1 Å². The monoisotopic (exact) mass is 309 g/mol. The summed E-state index contributed by atoms with van der Waals surface area (Å²) in [7, 11) is 1.66. The molecule has 0 fully saturated rings. The summed E-state index contributed by atoms with van der Waals surface area (Å²) < 4.78 is 5.31. The normalized spacial score (nSPS) is 17.1. The Bertz CT molecular complexity index is 773. The van der Waals surface area contributed by atoms with E-state index in [1.807, 2.05) is 17.0 Å². The van der Waals surface area contributed by atoms with Gasteiger partial charge in [-0.2, -0.15) is 5.26 Å². The number of methoxy groups -OCH3 is 1. The third kappa shape index (κ3) is 2.93. The number of nitrogens with one attached hydrogen (secondary N) is 1. The highest BCUT2D eigenvalue weighted by atomic mass is 16.5. The van der Waals surface area contributed by atoms with Crippen molar-refractivity contribution < 1.29 is 9.53 Å². The lowest BCUT2D eigenvalue weighted by molar-refractivity contribution is 0.0754. The second-order valence-electron chi connectivity index (χ2n) is 5.88. The van der Waals surface area contributed by atoms with Gasteiger partial charge >= 0.3 is 0 Å². The van der Waals surface area contributed by atoms with Gasteiger partial charge in [0.15, 0.2) is 0 Å². The van der Waals surface area contributed by atoms with Crippen LogP contribution < -0.4 is 4.74 Å². The minimum Gasteiger partial charge on any atom is -0.497 e. The molecule has 0 radical (unpaired) electrons. The maximum Gasteiger partial charge on any atom is 0.255 e. The molecule has 5 nitrogen and oxygen atoms in total. The molecular weight excluding hydrogens is 290 g/mol. The predicted octanol–water partition coefficient (Wildman–Crippen LogP) is 2.70. The number of aromatic amines is 1. The fourth-order valence-corrected chi connectivity index (χ4v) is 3.11. The molecule has 1 aliphatic rings. The molecule has 1 N–H and O–H groups in total. The number of benzene rings is 1. The largest absolute Gasteiger partial charge is 0.497 e. The van der Waals surface area contributed by atoms with Crippen LogP contribution in [0.2, 0.25) is 0 Å². The molecule has 0 aliphatic carbocycles. The van der Waals surface area contributed by atoms with Crippen LogP contribution in [-0.4, -0.2) is 36.0 Å². The van der Waals surface area contributed by atoms with Crippen LogP contribution in [0.25, 0.3) is 0 Å². The first-order valence-corrected chi connectivity index (χ1v) is 7.67. The number of fused-ring (bicyclic) bond motifs is 1. The van der Waals surface area contributed by atoms with Crippen molar-refractivity contribution in [1.82, 2.24) is 9.88 Å². The van der Waals surface area contributed by atoms with E-state index in [-0.39, 0.29) is 11.8 Å². The molecule has 1 aliphatic heterocycles. The first kappa shape index (κ1) is 15.2. The van der Waals surface area contributed by atoms with Gasteiger partial charge in [0, 0.05) is 19.3 Å². The van der Waals surface area contributed by atoms with Crippen molar-refractivity contribution in [2.75, 3.05) is 20.2 Å². The van der Waals surface area contributed by atoms with Crippen LogP contribution in [0.4, 0.5) is 0 Å². The molecule has 5 heteroatoms. The number of H-pyrrole nitrogens is 1. The zero-order valence-corrected chi connectivity index (χ0v) is 13.3. The van der Waals surface area contributed by atoms with Crippen molar-refractivity contribution in [3.63, 3.8) is 0 Å². The molecule has 1 unspecified atom stereocenters. The smallest absolute Gasteiger partial charge is 0.255 e. The second-order valence-corrected chi connectivity index (χ2v) is 5.88. The molecule has 0 spiro atoms. The van der Waals surface area contributed by atoms with E-state index in [1.54, 1.807) is 19.4 Å². The maximum atomic E-state index is 12.7. The third-order valence-electron chi connectivity index (χ3n) is 4.37. The van der Waals surface area contributed by atoms with Crippen molar-refractivity contribution in [1.29, 1.82) is 5.26 Å². The van der Waals surface area contributed by atoms with E-state index in [2.05, 4.69) is 24.0 Å². The zero-order chi connectivity index (χ0) is 16.4. The standard InChI is InChI=1S/C18H19N3O2/c1-12-11-21(18(22)14-7-15(9-19)20-10-14)6-5-13-3-4-16(23-2)8-17(12)13/h3-4,7-8,10,12,20H,5-6,11H2,1-2H3. The summed E-state index contributed by atoms with van der Waals surface area (Å²) in [5, 5.41) is 8.88. The first-order valence-electron chi connectivity index (χ1n) is 7.67. The number of nitrogens with zero attached hydrogens (tertiary/aromatic N) is 2. The minimum absolute atomic E-state index is 0.0330. The number of rotatable bonds is 2. The number of aromatic nitrogens is 1. The molecule has 0 saturated carbocycles. The molecule has 3 rings (SSSR count). The van der Waals surface area contributed by atoms with Crippen LogP contribution in [-0.2, 0) is 6.42 Å². The lowest BCUT2D eigenvalue weighted by Gasteiger charge is -2.22. The Kier molecular flexibility index (Phi) is 4.07. The molecule has 1 aromatic heterocycles. The average molecular weight is 309 g/mol. The number of hydrogen-bond donors (Lipinski definition) is 1. The molecule has 2 heterocycles. The van der Waals surface area contributed by atoms with Crippen LogP contribution in [0.5, 0.6) is 5.75 Å². The van der Waals surface area contributed by atoms with Gasteiger partial charge in [0.25, 0.3) is 5.91 Å². The SMILES string of the molecule is COc1ccc2c(c1)C(C)CN(C(=O)c1c[nH]c(C#N)c1)CC2. The van der Waals surface area contributed by atoms with Gasteiger partial charge < -0.3 is 14.6 Å². The summed E-state index contributed by atoms with van der Waals surface area (Å²) in [6.07, 6.45) is 2.43. The number of carbonyl (C=O) groups is 1. The maximum absolute atomic E-state index is 12.7. The number of hydrogen-bond acceptors (Lipinski definition) is 3. The fourth-order valence-electron chi connectivity index (χ4n) is 3.11. The molecule has 1 amide bonds. The highest BCUT2D eigenvalue weighted by molar-refractivity contribution is 5.94. The summed E-state index contributed by atoms with van der Waals surface area (Å²) in [6.45, 7) is 3.46. The summed E-state index contributed by atoms with van der Waals surface area (Å²) in [4.78, 5) is 17.3. The number of nitriles is 1.